The molecule has 0 fully saturated rings. The van der Waals surface area contributed by atoms with Crippen LogP contribution >= 0.6 is 11.3 Å². The summed E-state index contributed by atoms with van der Waals surface area (Å²) in [6, 6.07) is 1.53. The summed E-state index contributed by atoms with van der Waals surface area (Å²) < 4.78 is 7.66. The third-order valence-corrected chi connectivity index (χ3v) is 3.99. The van der Waals surface area contributed by atoms with E-state index in [9.17, 15) is 4.79 Å². The van der Waals surface area contributed by atoms with Gasteiger partial charge in [0.05, 0.1) is 0 Å². The quantitative estimate of drug-likeness (QED) is 0.925. The largest absolute Gasteiger partial charge is 0.485 e. The highest BCUT2D eigenvalue weighted by Crippen LogP contribution is 2.23. The zero-order valence-corrected chi connectivity index (χ0v) is 11.0. The summed E-state index contributed by atoms with van der Waals surface area (Å²) in [7, 11) is 0. The number of thiophene rings is 1. The minimum Gasteiger partial charge on any atom is -0.485 e. The molecule has 2 aromatic rings. The number of fused-ring (bicyclic) bond motifs is 1. The van der Waals surface area contributed by atoms with Gasteiger partial charge in [-0.1, -0.05) is 0 Å². The molecule has 1 aliphatic rings. The molecule has 0 radical (unpaired) electrons. The third-order valence-electron chi connectivity index (χ3n) is 3.09. The molecule has 7 heteroatoms. The summed E-state index contributed by atoms with van der Waals surface area (Å²) in [5.74, 6) is 1.45. The third kappa shape index (κ3) is 2.46. The average Bonchev–Trinajstić information content (AvgIpc) is 3.03. The van der Waals surface area contributed by atoms with Gasteiger partial charge in [-0.3, -0.25) is 0 Å². The van der Waals surface area contributed by atoms with E-state index >= 15 is 0 Å². The number of carboxylic acids is 1. The smallest absolute Gasteiger partial charge is 0.346 e. The second kappa shape index (κ2) is 5.00. The first-order valence-corrected chi connectivity index (χ1v) is 6.97. The summed E-state index contributed by atoms with van der Waals surface area (Å²) in [5, 5.41) is 18.8. The number of nitrogens with zero attached hydrogens (tertiary/aromatic N) is 3. The number of aromatic carboxylic acids is 1. The van der Waals surface area contributed by atoms with Crippen LogP contribution in [0.3, 0.4) is 0 Å². The lowest BCUT2D eigenvalue weighted by Crippen LogP contribution is -2.14. The molecule has 100 valence electrons. The van der Waals surface area contributed by atoms with Gasteiger partial charge < -0.3 is 14.4 Å². The number of ether oxygens (including phenoxy) is 1. The van der Waals surface area contributed by atoms with Gasteiger partial charge in [0.25, 0.3) is 0 Å². The van der Waals surface area contributed by atoms with Gasteiger partial charge in [0.1, 0.15) is 23.1 Å². The molecule has 0 aromatic carbocycles. The van der Waals surface area contributed by atoms with Crippen LogP contribution in [0.25, 0.3) is 0 Å². The maximum Gasteiger partial charge on any atom is 0.346 e. The lowest BCUT2D eigenvalue weighted by Gasteiger charge is -2.14. The fourth-order valence-electron chi connectivity index (χ4n) is 2.13. The van der Waals surface area contributed by atoms with Gasteiger partial charge in [-0.25, -0.2) is 4.79 Å². The molecule has 19 heavy (non-hydrogen) atoms. The zero-order chi connectivity index (χ0) is 13.2. The Labute approximate surface area is 113 Å². The Balaban J connectivity index is 1.68. The molecule has 0 bridgehead atoms. The van der Waals surface area contributed by atoms with Crippen molar-refractivity contribution < 1.29 is 14.6 Å². The fourth-order valence-corrected chi connectivity index (χ4v) is 2.79. The van der Waals surface area contributed by atoms with Crippen LogP contribution < -0.4 is 4.74 Å². The van der Waals surface area contributed by atoms with Crippen LogP contribution in [0, 0.1) is 0 Å². The van der Waals surface area contributed by atoms with Gasteiger partial charge in [-0.2, -0.15) is 0 Å². The monoisotopic (exact) mass is 279 g/mol. The first-order chi connectivity index (χ1) is 9.24. The number of hydrogen-bond acceptors (Lipinski definition) is 5. The second-order valence-electron chi connectivity index (χ2n) is 4.38. The van der Waals surface area contributed by atoms with Crippen LogP contribution in [0.2, 0.25) is 0 Å². The lowest BCUT2D eigenvalue weighted by molar-refractivity contribution is 0.0702. The molecule has 1 N–H and O–H groups in total. The number of aromatic nitrogens is 3. The molecule has 3 rings (SSSR count). The van der Waals surface area contributed by atoms with Crippen molar-refractivity contribution >= 4 is 17.3 Å². The number of carboxylic acid groups (broad SMARTS) is 1. The van der Waals surface area contributed by atoms with E-state index in [-0.39, 0.29) is 4.88 Å². The predicted octanol–water partition coefficient (Wildman–Crippen LogP) is 1.95. The van der Waals surface area contributed by atoms with Crippen molar-refractivity contribution in [1.29, 1.82) is 0 Å². The molecule has 0 spiro atoms. The molecule has 0 amide bonds. The van der Waals surface area contributed by atoms with Crippen molar-refractivity contribution in [2.24, 2.45) is 0 Å². The Morgan fingerprint density at radius 1 is 1.47 bits per heavy atom. The molecule has 3 heterocycles. The molecular formula is C12H13N3O3S. The second-order valence-corrected chi connectivity index (χ2v) is 5.29. The summed E-state index contributed by atoms with van der Waals surface area (Å²) in [6.07, 6.45) is 3.26. The van der Waals surface area contributed by atoms with Crippen molar-refractivity contribution in [3.05, 3.63) is 28.0 Å². The summed E-state index contributed by atoms with van der Waals surface area (Å²) in [5.41, 5.74) is 0. The molecule has 0 saturated heterocycles. The van der Waals surface area contributed by atoms with Gasteiger partial charge in [-0.05, 0) is 12.8 Å². The van der Waals surface area contributed by atoms with E-state index in [2.05, 4.69) is 14.8 Å². The normalized spacial score (nSPS) is 14.1. The van der Waals surface area contributed by atoms with Crippen molar-refractivity contribution in [2.45, 2.75) is 32.4 Å². The zero-order valence-electron chi connectivity index (χ0n) is 10.2. The SMILES string of the molecule is O=C(O)c1cc(OCc2nnc3n2CCCC3)cs1. The molecule has 2 aromatic heterocycles. The van der Waals surface area contributed by atoms with E-state index in [1.807, 2.05) is 0 Å². The Morgan fingerprint density at radius 2 is 2.37 bits per heavy atom. The lowest BCUT2D eigenvalue weighted by atomic mass is 10.2. The van der Waals surface area contributed by atoms with Gasteiger partial charge >= 0.3 is 5.97 Å². The van der Waals surface area contributed by atoms with Gasteiger partial charge in [0.2, 0.25) is 0 Å². The highest BCUT2D eigenvalue weighted by atomic mass is 32.1. The summed E-state index contributed by atoms with van der Waals surface area (Å²) >= 11 is 1.16. The number of rotatable bonds is 4. The minimum atomic E-state index is -0.931. The average molecular weight is 279 g/mol. The topological polar surface area (TPSA) is 77.2 Å². The minimum absolute atomic E-state index is 0.276. The highest BCUT2D eigenvalue weighted by Gasteiger charge is 2.16. The molecule has 1 aliphatic heterocycles. The van der Waals surface area contributed by atoms with E-state index < -0.39 is 5.97 Å². The fraction of sp³-hybridized carbons (Fsp3) is 0.417. The van der Waals surface area contributed by atoms with E-state index in [1.165, 1.54) is 6.07 Å². The molecule has 0 saturated carbocycles. The van der Waals surface area contributed by atoms with E-state index in [1.54, 1.807) is 5.38 Å². The summed E-state index contributed by atoms with van der Waals surface area (Å²) in [4.78, 5) is 11.0. The van der Waals surface area contributed by atoms with Crippen LogP contribution in [0.4, 0.5) is 0 Å². The van der Waals surface area contributed by atoms with Crippen molar-refractivity contribution in [3.8, 4) is 5.75 Å². The molecule has 0 aliphatic carbocycles. The standard InChI is InChI=1S/C12H13N3O3S/c16-12(17)9-5-8(7-19-9)18-6-11-14-13-10-3-1-2-4-15(10)11/h5,7H,1-4,6H2,(H,16,17). The van der Waals surface area contributed by atoms with E-state index in [0.717, 1.165) is 48.8 Å². The van der Waals surface area contributed by atoms with Crippen molar-refractivity contribution in [2.75, 3.05) is 0 Å². The highest BCUT2D eigenvalue weighted by molar-refractivity contribution is 7.12. The Hall–Kier alpha value is -1.89. The summed E-state index contributed by atoms with van der Waals surface area (Å²) in [6.45, 7) is 1.26. The molecular weight excluding hydrogens is 266 g/mol. The van der Waals surface area contributed by atoms with Gasteiger partial charge in [0, 0.05) is 24.4 Å². The number of aryl methyl sites for hydroxylation is 1. The van der Waals surface area contributed by atoms with Crippen LogP contribution in [-0.2, 0) is 19.6 Å². The molecule has 0 unspecified atom stereocenters. The molecule has 0 atom stereocenters. The Kier molecular flexibility index (Phi) is 3.20. The van der Waals surface area contributed by atoms with Crippen LogP contribution in [0.1, 0.15) is 34.2 Å². The number of carbonyl (C=O) groups is 1. The maximum absolute atomic E-state index is 10.8. The first-order valence-electron chi connectivity index (χ1n) is 6.09. The van der Waals surface area contributed by atoms with Crippen molar-refractivity contribution in [3.63, 3.8) is 0 Å². The molecule has 6 nitrogen and oxygen atoms in total. The number of hydrogen-bond donors (Lipinski definition) is 1. The van der Waals surface area contributed by atoms with Crippen molar-refractivity contribution in [1.82, 2.24) is 14.8 Å². The van der Waals surface area contributed by atoms with Crippen LogP contribution in [0.15, 0.2) is 11.4 Å². The van der Waals surface area contributed by atoms with Crippen LogP contribution in [0.5, 0.6) is 5.75 Å². The van der Waals surface area contributed by atoms with E-state index in [0.29, 0.717) is 12.4 Å². The van der Waals surface area contributed by atoms with Gasteiger partial charge in [-0.15, -0.1) is 21.5 Å². The van der Waals surface area contributed by atoms with Crippen LogP contribution in [-0.4, -0.2) is 25.8 Å². The Bertz CT molecular complexity index is 605. The maximum atomic E-state index is 10.8. The van der Waals surface area contributed by atoms with Gasteiger partial charge in [0.15, 0.2) is 5.82 Å². The van der Waals surface area contributed by atoms with E-state index in [4.69, 9.17) is 9.84 Å². The first kappa shape index (κ1) is 12.2. The Morgan fingerprint density at radius 3 is 3.16 bits per heavy atom. The predicted molar refractivity (Wildman–Crippen MR) is 68.6 cm³/mol.